The Morgan fingerprint density at radius 1 is 1.12 bits per heavy atom. The van der Waals surface area contributed by atoms with Gasteiger partial charge in [-0.1, -0.05) is 27.7 Å². The van der Waals surface area contributed by atoms with Crippen LogP contribution in [0.2, 0.25) is 0 Å². The average molecular weight is 225 g/mol. The maximum absolute atomic E-state index is 12.0. The van der Waals surface area contributed by atoms with E-state index in [-0.39, 0.29) is 11.7 Å². The molecule has 16 heavy (non-hydrogen) atoms. The Labute approximate surface area is 101 Å². The predicted octanol–water partition coefficient (Wildman–Crippen LogP) is 3.53. The van der Waals surface area contributed by atoms with Crippen LogP contribution in [0, 0.1) is 11.8 Å². The van der Waals surface area contributed by atoms with Crippen molar-refractivity contribution in [2.24, 2.45) is 11.8 Å². The standard InChI is InChI=1S/C14H27NO/c1-7-12(8-2)14(16)9-13(10(3)4)15-11(5)6/h9-12,15H,7-8H2,1-6H3/b13-9-. The van der Waals surface area contributed by atoms with Gasteiger partial charge >= 0.3 is 0 Å². The van der Waals surface area contributed by atoms with Crippen molar-refractivity contribution < 1.29 is 4.79 Å². The number of rotatable bonds is 7. The molecule has 0 unspecified atom stereocenters. The van der Waals surface area contributed by atoms with Crippen molar-refractivity contribution in [1.82, 2.24) is 5.32 Å². The van der Waals surface area contributed by atoms with Crippen LogP contribution in [-0.4, -0.2) is 11.8 Å². The van der Waals surface area contributed by atoms with Gasteiger partial charge in [0.25, 0.3) is 0 Å². The molecule has 0 rings (SSSR count). The summed E-state index contributed by atoms with van der Waals surface area (Å²) < 4.78 is 0. The van der Waals surface area contributed by atoms with Crippen molar-refractivity contribution in [3.05, 3.63) is 11.8 Å². The lowest BCUT2D eigenvalue weighted by Gasteiger charge is -2.18. The van der Waals surface area contributed by atoms with Gasteiger partial charge in [0.2, 0.25) is 0 Å². The molecule has 0 amide bonds. The molecule has 0 radical (unpaired) electrons. The van der Waals surface area contributed by atoms with Crippen molar-refractivity contribution in [2.75, 3.05) is 0 Å². The number of carbonyl (C=O) groups is 1. The minimum atomic E-state index is 0.183. The van der Waals surface area contributed by atoms with E-state index in [9.17, 15) is 4.79 Å². The van der Waals surface area contributed by atoms with Crippen LogP contribution in [0.15, 0.2) is 11.8 Å². The maximum Gasteiger partial charge on any atom is 0.160 e. The third-order valence-corrected chi connectivity index (χ3v) is 2.76. The smallest absolute Gasteiger partial charge is 0.160 e. The first-order chi connectivity index (χ1) is 7.42. The minimum absolute atomic E-state index is 0.183. The Bertz CT molecular complexity index is 237. The zero-order chi connectivity index (χ0) is 12.7. The third kappa shape index (κ3) is 5.34. The Hall–Kier alpha value is -0.790. The molecule has 2 nitrogen and oxygen atoms in total. The van der Waals surface area contributed by atoms with E-state index in [2.05, 4.69) is 46.9 Å². The largest absolute Gasteiger partial charge is 0.386 e. The molecule has 0 aromatic rings. The fourth-order valence-electron chi connectivity index (χ4n) is 1.67. The van der Waals surface area contributed by atoms with Gasteiger partial charge in [-0.05, 0) is 32.6 Å². The summed E-state index contributed by atoms with van der Waals surface area (Å²) in [5, 5.41) is 3.35. The Morgan fingerprint density at radius 3 is 1.94 bits per heavy atom. The third-order valence-electron chi connectivity index (χ3n) is 2.76. The fraction of sp³-hybridized carbons (Fsp3) is 0.786. The highest BCUT2D eigenvalue weighted by molar-refractivity contribution is 5.92. The lowest BCUT2D eigenvalue weighted by molar-refractivity contribution is -0.118. The molecule has 94 valence electrons. The molecule has 0 aliphatic heterocycles. The summed E-state index contributed by atoms with van der Waals surface area (Å²) in [6, 6.07) is 0.378. The van der Waals surface area contributed by atoms with E-state index < -0.39 is 0 Å². The van der Waals surface area contributed by atoms with Crippen LogP contribution in [-0.2, 0) is 4.79 Å². The quantitative estimate of drug-likeness (QED) is 0.672. The van der Waals surface area contributed by atoms with Gasteiger partial charge in [-0.2, -0.15) is 0 Å². The van der Waals surface area contributed by atoms with Gasteiger partial charge < -0.3 is 5.32 Å². The van der Waals surface area contributed by atoms with E-state index >= 15 is 0 Å². The molecule has 0 saturated carbocycles. The van der Waals surface area contributed by atoms with Crippen LogP contribution in [0.4, 0.5) is 0 Å². The molecule has 0 aromatic heterocycles. The molecule has 0 saturated heterocycles. The Balaban J connectivity index is 4.70. The lowest BCUT2D eigenvalue weighted by atomic mass is 9.96. The second kappa shape index (κ2) is 7.48. The van der Waals surface area contributed by atoms with Gasteiger partial charge in [0.15, 0.2) is 5.78 Å². The zero-order valence-electron chi connectivity index (χ0n) is 11.6. The summed E-state index contributed by atoms with van der Waals surface area (Å²) >= 11 is 0. The monoisotopic (exact) mass is 225 g/mol. The first-order valence-electron chi connectivity index (χ1n) is 6.44. The number of ketones is 1. The molecule has 0 heterocycles. The molecule has 0 aromatic carbocycles. The highest BCUT2D eigenvalue weighted by Gasteiger charge is 2.14. The van der Waals surface area contributed by atoms with Gasteiger partial charge in [0, 0.05) is 23.7 Å². The summed E-state index contributed by atoms with van der Waals surface area (Å²) in [6.07, 6.45) is 3.67. The SMILES string of the molecule is CCC(CC)C(=O)/C=C(\NC(C)C)C(C)C. The van der Waals surface area contributed by atoms with Crippen LogP contribution >= 0.6 is 0 Å². The van der Waals surface area contributed by atoms with Gasteiger partial charge in [-0.15, -0.1) is 0 Å². The van der Waals surface area contributed by atoms with Gasteiger partial charge in [-0.3, -0.25) is 4.79 Å². The molecule has 0 fully saturated rings. The lowest BCUT2D eigenvalue weighted by Crippen LogP contribution is -2.26. The van der Waals surface area contributed by atoms with Crippen LogP contribution in [0.1, 0.15) is 54.4 Å². The fourth-order valence-corrected chi connectivity index (χ4v) is 1.67. The van der Waals surface area contributed by atoms with Gasteiger partial charge in [0.05, 0.1) is 0 Å². The molecule has 2 heteroatoms. The zero-order valence-corrected chi connectivity index (χ0v) is 11.6. The predicted molar refractivity (Wildman–Crippen MR) is 70.3 cm³/mol. The van der Waals surface area contributed by atoms with E-state index in [1.165, 1.54) is 0 Å². The van der Waals surface area contributed by atoms with Crippen LogP contribution in [0.25, 0.3) is 0 Å². The number of carbonyl (C=O) groups excluding carboxylic acids is 1. The summed E-state index contributed by atoms with van der Waals surface area (Å²) in [5.41, 5.74) is 1.06. The van der Waals surface area contributed by atoms with E-state index in [1.807, 2.05) is 6.08 Å². The normalized spacial score (nSPS) is 12.7. The van der Waals surface area contributed by atoms with E-state index in [0.29, 0.717) is 12.0 Å². The van der Waals surface area contributed by atoms with Crippen molar-refractivity contribution >= 4 is 5.78 Å². The number of hydrogen-bond donors (Lipinski definition) is 1. The Morgan fingerprint density at radius 2 is 1.62 bits per heavy atom. The topological polar surface area (TPSA) is 29.1 Å². The van der Waals surface area contributed by atoms with Crippen molar-refractivity contribution in [3.63, 3.8) is 0 Å². The van der Waals surface area contributed by atoms with Gasteiger partial charge in [-0.25, -0.2) is 0 Å². The molecule has 0 aliphatic rings. The molecule has 0 bridgehead atoms. The highest BCUT2D eigenvalue weighted by Crippen LogP contribution is 2.14. The molecular weight excluding hydrogens is 198 g/mol. The van der Waals surface area contributed by atoms with Crippen LogP contribution < -0.4 is 5.32 Å². The summed E-state index contributed by atoms with van der Waals surface area (Å²) in [7, 11) is 0. The van der Waals surface area contributed by atoms with E-state index in [4.69, 9.17) is 0 Å². The molecule has 0 atom stereocenters. The van der Waals surface area contributed by atoms with Crippen LogP contribution in [0.3, 0.4) is 0 Å². The summed E-state index contributed by atoms with van der Waals surface area (Å²) in [4.78, 5) is 12.0. The van der Waals surface area contributed by atoms with Gasteiger partial charge in [0.1, 0.15) is 0 Å². The van der Waals surface area contributed by atoms with Crippen molar-refractivity contribution in [3.8, 4) is 0 Å². The summed E-state index contributed by atoms with van der Waals surface area (Å²) in [6.45, 7) is 12.6. The first kappa shape index (κ1) is 15.2. The van der Waals surface area contributed by atoms with E-state index in [1.54, 1.807) is 0 Å². The highest BCUT2D eigenvalue weighted by atomic mass is 16.1. The molecule has 0 spiro atoms. The van der Waals surface area contributed by atoms with Crippen molar-refractivity contribution in [2.45, 2.75) is 60.4 Å². The molecular formula is C14H27NO. The van der Waals surface area contributed by atoms with E-state index in [0.717, 1.165) is 18.5 Å². The second-order valence-corrected chi connectivity index (χ2v) is 4.97. The summed E-state index contributed by atoms with van der Waals surface area (Å²) in [5.74, 6) is 0.824. The van der Waals surface area contributed by atoms with Crippen molar-refractivity contribution in [1.29, 1.82) is 0 Å². The first-order valence-corrected chi connectivity index (χ1v) is 6.44. The molecule has 0 aliphatic carbocycles. The Kier molecular flexibility index (Phi) is 7.11. The number of nitrogens with one attached hydrogen (secondary N) is 1. The maximum atomic E-state index is 12.0. The van der Waals surface area contributed by atoms with Crippen LogP contribution in [0.5, 0.6) is 0 Å². The molecule has 1 N–H and O–H groups in total. The number of allylic oxidation sites excluding steroid dienone is 2. The minimum Gasteiger partial charge on any atom is -0.386 e. The number of hydrogen-bond acceptors (Lipinski definition) is 2. The average Bonchev–Trinajstić information content (AvgIpc) is 2.17. The second-order valence-electron chi connectivity index (χ2n) is 4.97.